The average molecular weight is 256 g/mol. The summed E-state index contributed by atoms with van der Waals surface area (Å²) < 4.78 is 22.3. The Morgan fingerprint density at radius 3 is 2.65 bits per heavy atom. The first kappa shape index (κ1) is 12.9. The lowest BCUT2D eigenvalue weighted by Gasteiger charge is -2.06. The number of nitro benzene ring substituents is 1. The van der Waals surface area contributed by atoms with Crippen LogP contribution in [0, 0.1) is 21.4 Å². The molecule has 1 rings (SSSR count). The molecule has 8 nitrogen and oxygen atoms in total. The Hall–Kier alpha value is -2.18. The number of nitrogens with zero attached hydrogens (tertiary/aromatic N) is 2. The largest absolute Gasteiger partial charge is 0.367 e. The molecule has 1 aromatic rings. The lowest BCUT2D eigenvalue weighted by Crippen LogP contribution is -2.15. The molecule has 0 atom stereocenters. The summed E-state index contributed by atoms with van der Waals surface area (Å²) in [6.45, 7) is -0.186. The lowest BCUT2D eigenvalue weighted by atomic mass is 10.2. The second kappa shape index (κ2) is 4.77. The van der Waals surface area contributed by atoms with Crippen molar-refractivity contribution < 1.29 is 13.3 Å². The number of hydrogen-bond acceptors (Lipinski definition) is 6. The molecule has 0 saturated heterocycles. The Morgan fingerprint density at radius 2 is 2.18 bits per heavy atom. The van der Waals surface area contributed by atoms with Gasteiger partial charge in [-0.05, 0) is 12.1 Å². The van der Waals surface area contributed by atoms with Crippen LogP contribution in [0.4, 0.5) is 11.4 Å². The Labute approximate surface area is 96.9 Å². The van der Waals surface area contributed by atoms with Crippen LogP contribution in [0.15, 0.2) is 23.1 Å². The molecule has 0 bridgehead atoms. The molecule has 0 aliphatic heterocycles. The number of nitriles is 1. The Kier molecular flexibility index (Phi) is 3.62. The van der Waals surface area contributed by atoms with E-state index in [2.05, 4.69) is 5.32 Å². The Morgan fingerprint density at radius 1 is 1.53 bits per heavy atom. The predicted molar refractivity (Wildman–Crippen MR) is 58.6 cm³/mol. The van der Waals surface area contributed by atoms with Gasteiger partial charge in [0.15, 0.2) is 4.90 Å². The van der Waals surface area contributed by atoms with Gasteiger partial charge in [0.25, 0.3) is 0 Å². The van der Waals surface area contributed by atoms with Gasteiger partial charge in [-0.2, -0.15) is 5.26 Å². The molecule has 0 aliphatic carbocycles. The second-order valence-corrected chi connectivity index (χ2v) is 4.50. The van der Waals surface area contributed by atoms with Crippen LogP contribution in [0.25, 0.3) is 0 Å². The number of sulfonamides is 1. The number of primary sulfonamides is 1. The van der Waals surface area contributed by atoms with Crippen LogP contribution in [0.2, 0.25) is 0 Å². The average Bonchev–Trinajstić information content (AvgIpc) is 2.24. The third-order valence-corrected chi connectivity index (χ3v) is 2.79. The molecule has 90 valence electrons. The zero-order chi connectivity index (χ0) is 13.1. The molecule has 1 aromatic carbocycles. The minimum atomic E-state index is -4.19. The van der Waals surface area contributed by atoms with Crippen molar-refractivity contribution in [2.24, 2.45) is 5.14 Å². The van der Waals surface area contributed by atoms with Crippen molar-refractivity contribution in [3.63, 3.8) is 0 Å². The van der Waals surface area contributed by atoms with Crippen molar-refractivity contribution in [1.29, 1.82) is 5.26 Å². The molecule has 0 aliphatic rings. The van der Waals surface area contributed by atoms with Crippen molar-refractivity contribution in [1.82, 2.24) is 0 Å². The minimum Gasteiger partial charge on any atom is -0.367 e. The fraction of sp³-hybridized carbons (Fsp3) is 0.125. The highest BCUT2D eigenvalue weighted by molar-refractivity contribution is 7.89. The zero-order valence-corrected chi connectivity index (χ0v) is 9.27. The van der Waals surface area contributed by atoms with Gasteiger partial charge in [-0.25, -0.2) is 13.6 Å². The molecular formula is C8H8N4O4S. The van der Waals surface area contributed by atoms with Crippen LogP contribution in [0.1, 0.15) is 0 Å². The van der Waals surface area contributed by atoms with E-state index in [1.165, 1.54) is 12.1 Å². The Bertz CT molecular complexity index is 590. The van der Waals surface area contributed by atoms with E-state index < -0.39 is 25.5 Å². The van der Waals surface area contributed by atoms with Crippen molar-refractivity contribution in [3.8, 4) is 6.07 Å². The minimum absolute atomic E-state index is 0.0666. The van der Waals surface area contributed by atoms with E-state index in [0.29, 0.717) is 0 Å². The molecular weight excluding hydrogens is 248 g/mol. The molecule has 0 aromatic heterocycles. The topological polar surface area (TPSA) is 139 Å². The molecule has 0 radical (unpaired) electrons. The summed E-state index contributed by atoms with van der Waals surface area (Å²) in [5, 5.41) is 26.5. The summed E-state index contributed by atoms with van der Waals surface area (Å²) in [6, 6.07) is 5.35. The maximum Gasteiger partial charge on any atom is 0.312 e. The predicted octanol–water partition coefficient (Wildman–Crippen LogP) is 0.178. The number of nitrogens with one attached hydrogen (secondary N) is 1. The smallest absolute Gasteiger partial charge is 0.312 e. The van der Waals surface area contributed by atoms with Gasteiger partial charge in [-0.1, -0.05) is 6.07 Å². The SMILES string of the molecule is N#CCNc1cccc(S(N)(=O)=O)c1[N+](=O)[O-]. The third kappa shape index (κ3) is 2.90. The summed E-state index contributed by atoms with van der Waals surface area (Å²) in [5.74, 6) is 0. The number of anilines is 1. The molecule has 0 fully saturated rings. The van der Waals surface area contributed by atoms with Gasteiger partial charge in [0.05, 0.1) is 11.0 Å². The van der Waals surface area contributed by atoms with E-state index in [1.807, 2.05) is 0 Å². The van der Waals surface area contributed by atoms with Crippen LogP contribution in [-0.4, -0.2) is 19.9 Å². The highest BCUT2D eigenvalue weighted by Crippen LogP contribution is 2.30. The van der Waals surface area contributed by atoms with E-state index in [0.717, 1.165) is 6.07 Å². The highest BCUT2D eigenvalue weighted by Gasteiger charge is 2.26. The van der Waals surface area contributed by atoms with Crippen molar-refractivity contribution in [2.75, 3.05) is 11.9 Å². The maximum atomic E-state index is 11.2. The number of nitrogens with two attached hydrogens (primary N) is 1. The summed E-state index contributed by atoms with van der Waals surface area (Å²) >= 11 is 0. The third-order valence-electron chi connectivity index (χ3n) is 1.85. The number of rotatable bonds is 4. The molecule has 9 heteroatoms. The summed E-state index contributed by atoms with van der Waals surface area (Å²) in [4.78, 5) is 9.36. The normalized spacial score (nSPS) is 10.6. The first-order valence-electron chi connectivity index (χ1n) is 4.29. The fourth-order valence-corrected chi connectivity index (χ4v) is 1.94. The first-order valence-corrected chi connectivity index (χ1v) is 5.83. The van der Waals surface area contributed by atoms with Crippen LogP contribution in [0.3, 0.4) is 0 Å². The molecule has 0 heterocycles. The van der Waals surface area contributed by atoms with Crippen LogP contribution >= 0.6 is 0 Å². The summed E-state index contributed by atoms with van der Waals surface area (Å²) in [5.41, 5.74) is -0.728. The number of hydrogen-bond donors (Lipinski definition) is 2. The standard InChI is InChI=1S/C8H8N4O4S/c9-4-5-11-6-2-1-3-7(17(10,15)16)8(6)12(13)14/h1-3,11H,5H2,(H2,10,15,16). The van der Waals surface area contributed by atoms with Crippen LogP contribution < -0.4 is 10.5 Å². The van der Waals surface area contributed by atoms with Crippen molar-refractivity contribution in [2.45, 2.75) is 4.90 Å². The molecule has 3 N–H and O–H groups in total. The van der Waals surface area contributed by atoms with Crippen molar-refractivity contribution >= 4 is 21.4 Å². The highest BCUT2D eigenvalue weighted by atomic mass is 32.2. The van der Waals surface area contributed by atoms with Gasteiger partial charge in [-0.3, -0.25) is 10.1 Å². The molecule has 0 spiro atoms. The molecule has 0 saturated carbocycles. The number of para-hydroxylation sites is 1. The summed E-state index contributed by atoms with van der Waals surface area (Å²) in [7, 11) is -4.19. The maximum absolute atomic E-state index is 11.2. The quantitative estimate of drug-likeness (QED) is 0.447. The second-order valence-electron chi connectivity index (χ2n) is 2.97. The van der Waals surface area contributed by atoms with Crippen LogP contribution in [0.5, 0.6) is 0 Å². The van der Waals surface area contributed by atoms with E-state index >= 15 is 0 Å². The van der Waals surface area contributed by atoms with Crippen LogP contribution in [-0.2, 0) is 10.0 Å². The molecule has 0 unspecified atom stereocenters. The van der Waals surface area contributed by atoms with Gasteiger partial charge in [0.2, 0.25) is 10.0 Å². The Balaban J connectivity index is 3.44. The summed E-state index contributed by atoms with van der Waals surface area (Å²) in [6.07, 6.45) is 0. The van der Waals surface area contributed by atoms with Gasteiger partial charge in [0, 0.05) is 0 Å². The molecule has 17 heavy (non-hydrogen) atoms. The molecule has 0 amide bonds. The number of nitro groups is 1. The van der Waals surface area contributed by atoms with Gasteiger partial charge < -0.3 is 5.32 Å². The van der Waals surface area contributed by atoms with E-state index in [1.54, 1.807) is 6.07 Å². The first-order chi connectivity index (χ1) is 7.88. The van der Waals surface area contributed by atoms with E-state index in [-0.39, 0.29) is 12.2 Å². The monoisotopic (exact) mass is 256 g/mol. The van der Waals surface area contributed by atoms with E-state index in [4.69, 9.17) is 10.4 Å². The van der Waals surface area contributed by atoms with E-state index in [9.17, 15) is 18.5 Å². The van der Waals surface area contributed by atoms with Gasteiger partial charge in [-0.15, -0.1) is 0 Å². The fourth-order valence-electron chi connectivity index (χ4n) is 1.22. The lowest BCUT2D eigenvalue weighted by molar-refractivity contribution is -0.386. The number of benzene rings is 1. The van der Waals surface area contributed by atoms with Crippen molar-refractivity contribution in [3.05, 3.63) is 28.3 Å². The zero-order valence-electron chi connectivity index (χ0n) is 8.45. The van der Waals surface area contributed by atoms with Gasteiger partial charge in [0.1, 0.15) is 12.2 Å². The van der Waals surface area contributed by atoms with Gasteiger partial charge >= 0.3 is 5.69 Å².